The van der Waals surface area contributed by atoms with E-state index >= 15 is 0 Å². The highest BCUT2D eigenvalue weighted by Gasteiger charge is 2.48. The number of carboxylic acids is 2. The van der Waals surface area contributed by atoms with Crippen molar-refractivity contribution in [2.24, 2.45) is 23.7 Å². The third-order valence-corrected chi connectivity index (χ3v) is 12.2. The fourth-order valence-electron chi connectivity index (χ4n) is 4.25. The van der Waals surface area contributed by atoms with Gasteiger partial charge in [-0.05, 0) is 64.0 Å². The van der Waals surface area contributed by atoms with Crippen LogP contribution in [0.15, 0.2) is 0 Å². The normalized spacial score (nSPS) is 23.2. The summed E-state index contributed by atoms with van der Waals surface area (Å²) in [6.45, 7) is 9.01. The lowest BCUT2D eigenvalue weighted by atomic mass is 9.67. The topological polar surface area (TPSA) is 151 Å². The average molecular weight is 519 g/mol. The average Bonchev–Trinajstić information content (AvgIpc) is 2.78. The SMILES string of the molecule is CO[Si](C)(C)CCCNC(=O)C1CC(C(=O)O)C(C(=O)NCCC[Si](C)(C)OC)CC1C(=O)O. The molecule has 0 aromatic carbocycles. The first-order valence-corrected chi connectivity index (χ1v) is 18.1. The molecule has 34 heavy (non-hydrogen) atoms. The Morgan fingerprint density at radius 1 is 0.706 bits per heavy atom. The van der Waals surface area contributed by atoms with Gasteiger partial charge in [-0.25, -0.2) is 0 Å². The van der Waals surface area contributed by atoms with Gasteiger partial charge in [-0.3, -0.25) is 19.2 Å². The van der Waals surface area contributed by atoms with Crippen LogP contribution in [-0.4, -0.2) is 77.9 Å². The molecular formula is C22H42N2O8Si2. The maximum Gasteiger partial charge on any atom is 0.307 e. The number of carboxylic acid groups (broad SMARTS) is 2. The van der Waals surface area contributed by atoms with Gasteiger partial charge in [0.05, 0.1) is 23.7 Å². The fraction of sp³-hybridized carbons (Fsp3) is 0.818. The summed E-state index contributed by atoms with van der Waals surface area (Å²) in [5.41, 5.74) is 0. The molecule has 0 radical (unpaired) electrons. The molecule has 0 heterocycles. The molecule has 4 N–H and O–H groups in total. The zero-order valence-electron chi connectivity index (χ0n) is 21.3. The molecule has 0 spiro atoms. The molecule has 1 saturated carbocycles. The molecule has 10 nitrogen and oxygen atoms in total. The number of nitrogens with one attached hydrogen (secondary N) is 2. The van der Waals surface area contributed by atoms with E-state index in [0.29, 0.717) is 25.9 Å². The highest BCUT2D eigenvalue weighted by Crippen LogP contribution is 2.39. The molecule has 1 rings (SSSR count). The molecule has 0 bridgehead atoms. The molecule has 0 aromatic rings. The van der Waals surface area contributed by atoms with Gasteiger partial charge in [0.25, 0.3) is 0 Å². The van der Waals surface area contributed by atoms with Crippen LogP contribution in [0.25, 0.3) is 0 Å². The van der Waals surface area contributed by atoms with Gasteiger partial charge in [0, 0.05) is 27.3 Å². The maximum absolute atomic E-state index is 12.8. The fourth-order valence-corrected chi connectivity index (χ4v) is 6.71. The third-order valence-electron chi connectivity index (χ3n) is 6.91. The number of carbonyl (C=O) groups excluding carboxylic acids is 2. The molecule has 1 fully saturated rings. The zero-order valence-corrected chi connectivity index (χ0v) is 23.3. The number of rotatable bonds is 14. The van der Waals surface area contributed by atoms with E-state index in [-0.39, 0.29) is 12.8 Å². The van der Waals surface area contributed by atoms with Gasteiger partial charge in [0.2, 0.25) is 11.8 Å². The van der Waals surface area contributed by atoms with Crippen molar-refractivity contribution < 1.29 is 38.2 Å². The van der Waals surface area contributed by atoms with Gasteiger partial charge in [0.1, 0.15) is 0 Å². The summed E-state index contributed by atoms with van der Waals surface area (Å²) in [5, 5.41) is 25.0. The van der Waals surface area contributed by atoms with Crippen LogP contribution in [0, 0.1) is 23.7 Å². The van der Waals surface area contributed by atoms with Crippen molar-refractivity contribution in [2.75, 3.05) is 27.3 Å². The molecule has 1 aliphatic carbocycles. The second kappa shape index (κ2) is 13.4. The molecule has 0 aliphatic heterocycles. The number of aliphatic carboxylic acids is 2. The lowest BCUT2D eigenvalue weighted by Crippen LogP contribution is -2.50. The highest BCUT2D eigenvalue weighted by atomic mass is 28.4. The summed E-state index contributed by atoms with van der Waals surface area (Å²) < 4.78 is 11.0. The Kier molecular flexibility index (Phi) is 11.9. The largest absolute Gasteiger partial charge is 0.481 e. The molecule has 0 saturated heterocycles. The van der Waals surface area contributed by atoms with Crippen LogP contribution in [0.1, 0.15) is 25.7 Å². The van der Waals surface area contributed by atoms with E-state index in [0.717, 1.165) is 12.1 Å². The van der Waals surface area contributed by atoms with E-state index in [9.17, 15) is 29.4 Å². The van der Waals surface area contributed by atoms with Gasteiger partial charge in [-0.1, -0.05) is 0 Å². The lowest BCUT2D eigenvalue weighted by Gasteiger charge is -2.36. The van der Waals surface area contributed by atoms with E-state index in [1.807, 2.05) is 0 Å². The van der Waals surface area contributed by atoms with Crippen molar-refractivity contribution >= 4 is 40.4 Å². The quantitative estimate of drug-likeness (QED) is 0.202. The summed E-state index contributed by atoms with van der Waals surface area (Å²) in [4.78, 5) is 49.5. The highest BCUT2D eigenvalue weighted by molar-refractivity contribution is 6.71. The molecule has 4 atom stereocenters. The van der Waals surface area contributed by atoms with Crippen molar-refractivity contribution in [3.8, 4) is 0 Å². The molecule has 196 valence electrons. The Balaban J connectivity index is 2.78. The van der Waals surface area contributed by atoms with Crippen molar-refractivity contribution in [1.29, 1.82) is 0 Å². The summed E-state index contributed by atoms with van der Waals surface area (Å²) >= 11 is 0. The second-order valence-corrected chi connectivity index (χ2v) is 19.1. The number of carbonyl (C=O) groups is 4. The summed E-state index contributed by atoms with van der Waals surface area (Å²) in [7, 11) is -0.191. The zero-order chi connectivity index (χ0) is 26.1. The standard InChI is InChI=1S/C22H42N2O8Si2/c1-31-33(3,4)11-7-9-23-19(25)15-13-18(22(29)30)16(14-17(15)21(27)28)20(26)24-10-8-12-34(5,6)32-2/h15-18H,7-14H2,1-6H3,(H,23,25)(H,24,26)(H,27,28)(H,29,30). The first kappa shape index (κ1) is 30.3. The van der Waals surface area contributed by atoms with Crippen LogP contribution in [0.4, 0.5) is 0 Å². The van der Waals surface area contributed by atoms with Crippen LogP contribution in [0.5, 0.6) is 0 Å². The smallest absolute Gasteiger partial charge is 0.307 e. The molecule has 12 heteroatoms. The monoisotopic (exact) mass is 518 g/mol. The van der Waals surface area contributed by atoms with Crippen LogP contribution < -0.4 is 10.6 Å². The Labute approximate surface area is 204 Å². The van der Waals surface area contributed by atoms with E-state index < -0.39 is 64.1 Å². The van der Waals surface area contributed by atoms with Crippen LogP contribution >= 0.6 is 0 Å². The number of amides is 2. The third kappa shape index (κ3) is 9.47. The van der Waals surface area contributed by atoms with E-state index in [4.69, 9.17) is 8.85 Å². The maximum atomic E-state index is 12.8. The van der Waals surface area contributed by atoms with Crippen molar-refractivity contribution in [2.45, 2.75) is 64.0 Å². The Morgan fingerprint density at radius 2 is 1.03 bits per heavy atom. The first-order valence-electron chi connectivity index (χ1n) is 11.9. The molecule has 2 amide bonds. The lowest BCUT2D eigenvalue weighted by molar-refractivity contribution is -0.159. The molecule has 0 aromatic heterocycles. The summed E-state index contributed by atoms with van der Waals surface area (Å²) in [5.74, 6) is -7.55. The van der Waals surface area contributed by atoms with Gasteiger partial charge in [0.15, 0.2) is 16.6 Å². The predicted octanol–water partition coefficient (Wildman–Crippen LogP) is 2.13. The summed E-state index contributed by atoms with van der Waals surface area (Å²) in [6.07, 6.45) is 1.02. The van der Waals surface area contributed by atoms with Crippen LogP contribution in [0.3, 0.4) is 0 Å². The van der Waals surface area contributed by atoms with Crippen molar-refractivity contribution in [3.63, 3.8) is 0 Å². The van der Waals surface area contributed by atoms with Gasteiger partial charge in [-0.15, -0.1) is 0 Å². The Morgan fingerprint density at radius 3 is 1.29 bits per heavy atom. The Hall–Kier alpha value is -1.77. The first-order chi connectivity index (χ1) is 15.7. The molecular weight excluding hydrogens is 476 g/mol. The van der Waals surface area contributed by atoms with E-state index in [1.54, 1.807) is 14.2 Å². The molecule has 4 unspecified atom stereocenters. The minimum absolute atomic E-state index is 0.182. The number of hydrogen-bond acceptors (Lipinski definition) is 6. The predicted molar refractivity (Wildman–Crippen MR) is 132 cm³/mol. The van der Waals surface area contributed by atoms with E-state index in [2.05, 4.69) is 36.8 Å². The minimum atomic E-state index is -1.77. The van der Waals surface area contributed by atoms with Gasteiger partial charge < -0.3 is 29.7 Å². The van der Waals surface area contributed by atoms with Crippen LogP contribution in [0.2, 0.25) is 38.3 Å². The second-order valence-electron chi connectivity index (χ2n) is 10.3. The van der Waals surface area contributed by atoms with Crippen LogP contribution in [-0.2, 0) is 28.0 Å². The molecule has 1 aliphatic rings. The van der Waals surface area contributed by atoms with E-state index in [1.165, 1.54) is 0 Å². The summed E-state index contributed by atoms with van der Waals surface area (Å²) in [6, 6.07) is 1.67. The van der Waals surface area contributed by atoms with Gasteiger partial charge in [-0.2, -0.15) is 0 Å². The van der Waals surface area contributed by atoms with Crippen molar-refractivity contribution in [1.82, 2.24) is 10.6 Å². The Bertz CT molecular complexity index is 672. The van der Waals surface area contributed by atoms with Gasteiger partial charge >= 0.3 is 11.9 Å². The number of hydrogen-bond donors (Lipinski definition) is 4. The van der Waals surface area contributed by atoms with Crippen molar-refractivity contribution in [3.05, 3.63) is 0 Å². The minimum Gasteiger partial charge on any atom is -0.481 e.